The highest BCUT2D eigenvalue weighted by atomic mass is 16.2. The highest BCUT2D eigenvalue weighted by molar-refractivity contribution is 5.74. The van der Waals surface area contributed by atoms with E-state index < -0.39 is 0 Å². The number of rotatable bonds is 3. The summed E-state index contributed by atoms with van der Waals surface area (Å²) in [5.41, 5.74) is 3.73. The van der Waals surface area contributed by atoms with E-state index in [0.717, 1.165) is 43.7 Å². The summed E-state index contributed by atoms with van der Waals surface area (Å²) < 4.78 is 2.22. The average molecular weight is 324 g/mol. The van der Waals surface area contributed by atoms with E-state index in [9.17, 15) is 4.79 Å². The normalized spacial score (nSPS) is 19.2. The van der Waals surface area contributed by atoms with Gasteiger partial charge in [0.15, 0.2) is 0 Å². The molecule has 4 rings (SSSR count). The van der Waals surface area contributed by atoms with Crippen LogP contribution < -0.4 is 10.6 Å². The van der Waals surface area contributed by atoms with Gasteiger partial charge in [-0.15, -0.1) is 0 Å². The second kappa shape index (κ2) is 6.67. The van der Waals surface area contributed by atoms with Gasteiger partial charge in [0.05, 0.1) is 12.2 Å². The van der Waals surface area contributed by atoms with Gasteiger partial charge in [-0.25, -0.2) is 9.78 Å². The minimum Gasteiger partial charge on any atom is -0.335 e. The number of benzene rings is 1. The number of aromatic nitrogens is 2. The number of amides is 2. The van der Waals surface area contributed by atoms with Crippen LogP contribution in [0.4, 0.5) is 4.79 Å². The van der Waals surface area contributed by atoms with Crippen LogP contribution in [0.1, 0.15) is 41.9 Å². The molecule has 1 aromatic heterocycles. The minimum atomic E-state index is -0.0923. The predicted octanol–water partition coefficient (Wildman–Crippen LogP) is 2.58. The Kier molecular flexibility index (Phi) is 4.24. The maximum atomic E-state index is 12.2. The highest BCUT2D eigenvalue weighted by Gasteiger charge is 2.20. The van der Waals surface area contributed by atoms with E-state index in [1.165, 1.54) is 24.0 Å². The summed E-state index contributed by atoms with van der Waals surface area (Å²) in [6, 6.07) is 8.63. The largest absolute Gasteiger partial charge is 0.335 e. The topological polar surface area (TPSA) is 59.0 Å². The molecule has 5 nitrogen and oxygen atoms in total. The molecule has 1 aromatic carbocycles. The number of carbonyl (C=O) groups is 1. The van der Waals surface area contributed by atoms with Gasteiger partial charge in [-0.2, -0.15) is 0 Å². The molecule has 2 N–H and O–H groups in total. The van der Waals surface area contributed by atoms with Crippen molar-refractivity contribution in [3.8, 4) is 0 Å². The highest BCUT2D eigenvalue weighted by Crippen LogP contribution is 2.21. The Balaban J connectivity index is 1.29. The first-order valence-electron chi connectivity index (χ1n) is 8.94. The van der Waals surface area contributed by atoms with Crippen LogP contribution in [0.3, 0.4) is 0 Å². The van der Waals surface area contributed by atoms with E-state index in [1.54, 1.807) is 0 Å². The van der Waals surface area contributed by atoms with E-state index in [0.29, 0.717) is 6.54 Å². The number of fused-ring (bicyclic) bond motifs is 2. The minimum absolute atomic E-state index is 0.0923. The zero-order valence-corrected chi connectivity index (χ0v) is 13.9. The van der Waals surface area contributed by atoms with Crippen molar-refractivity contribution >= 4 is 6.03 Å². The lowest BCUT2D eigenvalue weighted by Crippen LogP contribution is -2.44. The Morgan fingerprint density at radius 3 is 2.96 bits per heavy atom. The van der Waals surface area contributed by atoms with E-state index in [-0.39, 0.29) is 12.1 Å². The maximum Gasteiger partial charge on any atom is 0.315 e. The molecule has 2 aromatic rings. The monoisotopic (exact) mass is 324 g/mol. The van der Waals surface area contributed by atoms with Crippen LogP contribution in [0.25, 0.3) is 0 Å². The molecule has 0 saturated heterocycles. The molecule has 0 fully saturated rings. The molecule has 1 atom stereocenters. The number of hydrogen-bond donors (Lipinski definition) is 2. The standard InChI is InChI=1S/C19H24N4O/c24-19(20-12-17-13-23-10-4-3-7-18(23)21-17)22-16-9-8-14-5-1-2-6-15(14)11-16/h1-2,5-6,13,16H,3-4,7-12H2,(H2,20,22,24). The lowest BCUT2D eigenvalue weighted by molar-refractivity contribution is 0.235. The maximum absolute atomic E-state index is 12.2. The number of nitrogens with one attached hydrogen (secondary N) is 2. The average Bonchev–Trinajstić information content (AvgIpc) is 3.03. The third kappa shape index (κ3) is 3.30. The Labute approximate surface area is 142 Å². The van der Waals surface area contributed by atoms with Crippen LogP contribution in [-0.2, 0) is 32.4 Å². The molecule has 0 spiro atoms. The van der Waals surface area contributed by atoms with Crippen LogP contribution in [-0.4, -0.2) is 21.6 Å². The Bertz CT molecular complexity index is 713. The first-order chi connectivity index (χ1) is 11.8. The molecule has 2 amide bonds. The molecular formula is C19H24N4O. The van der Waals surface area contributed by atoms with Crippen LogP contribution >= 0.6 is 0 Å². The third-order valence-electron chi connectivity index (χ3n) is 5.07. The van der Waals surface area contributed by atoms with Gasteiger partial charge in [-0.1, -0.05) is 24.3 Å². The van der Waals surface area contributed by atoms with Gasteiger partial charge in [0.2, 0.25) is 0 Å². The molecule has 0 saturated carbocycles. The molecule has 1 unspecified atom stereocenters. The third-order valence-corrected chi connectivity index (χ3v) is 5.07. The lowest BCUT2D eigenvalue weighted by atomic mass is 9.88. The Morgan fingerprint density at radius 1 is 1.21 bits per heavy atom. The summed E-state index contributed by atoms with van der Waals surface area (Å²) in [7, 11) is 0. The molecule has 0 radical (unpaired) electrons. The number of carbonyl (C=O) groups excluding carboxylic acids is 1. The number of aryl methyl sites for hydroxylation is 3. The van der Waals surface area contributed by atoms with Crippen LogP contribution in [0.2, 0.25) is 0 Å². The van der Waals surface area contributed by atoms with Crippen molar-refractivity contribution < 1.29 is 4.79 Å². The van der Waals surface area contributed by atoms with E-state index in [2.05, 4.69) is 50.6 Å². The summed E-state index contributed by atoms with van der Waals surface area (Å²) in [4.78, 5) is 16.8. The van der Waals surface area contributed by atoms with Gasteiger partial charge < -0.3 is 15.2 Å². The fourth-order valence-corrected chi connectivity index (χ4v) is 3.79. The van der Waals surface area contributed by atoms with E-state index in [1.807, 2.05) is 0 Å². The van der Waals surface area contributed by atoms with Crippen molar-refractivity contribution in [1.82, 2.24) is 20.2 Å². The van der Waals surface area contributed by atoms with E-state index in [4.69, 9.17) is 0 Å². The molecule has 5 heteroatoms. The lowest BCUT2D eigenvalue weighted by Gasteiger charge is -2.25. The molecular weight excluding hydrogens is 300 g/mol. The van der Waals surface area contributed by atoms with Crippen molar-refractivity contribution in [3.05, 3.63) is 53.1 Å². The predicted molar refractivity (Wildman–Crippen MR) is 92.8 cm³/mol. The van der Waals surface area contributed by atoms with Crippen LogP contribution in [0.5, 0.6) is 0 Å². The van der Waals surface area contributed by atoms with Gasteiger partial charge >= 0.3 is 6.03 Å². The molecule has 126 valence electrons. The SMILES string of the molecule is O=C(NCc1cn2c(n1)CCCC2)NC1CCc2ccccc2C1. The second-order valence-electron chi connectivity index (χ2n) is 6.83. The number of hydrogen-bond acceptors (Lipinski definition) is 2. The van der Waals surface area contributed by atoms with Crippen molar-refractivity contribution in [2.24, 2.45) is 0 Å². The Morgan fingerprint density at radius 2 is 2.08 bits per heavy atom. The summed E-state index contributed by atoms with van der Waals surface area (Å²) in [5.74, 6) is 1.15. The smallest absolute Gasteiger partial charge is 0.315 e. The van der Waals surface area contributed by atoms with Gasteiger partial charge in [0.1, 0.15) is 5.82 Å². The molecule has 1 aliphatic heterocycles. The fourth-order valence-electron chi connectivity index (χ4n) is 3.79. The van der Waals surface area contributed by atoms with Crippen molar-refractivity contribution in [2.45, 2.75) is 57.7 Å². The number of urea groups is 1. The van der Waals surface area contributed by atoms with Crippen molar-refractivity contribution in [2.75, 3.05) is 0 Å². The van der Waals surface area contributed by atoms with Gasteiger partial charge in [0.25, 0.3) is 0 Å². The summed E-state index contributed by atoms with van der Waals surface area (Å²) in [5, 5.41) is 6.06. The van der Waals surface area contributed by atoms with Crippen molar-refractivity contribution in [3.63, 3.8) is 0 Å². The van der Waals surface area contributed by atoms with Crippen LogP contribution in [0, 0.1) is 0 Å². The van der Waals surface area contributed by atoms with Crippen LogP contribution in [0.15, 0.2) is 30.5 Å². The molecule has 2 heterocycles. The molecule has 1 aliphatic carbocycles. The molecule has 2 aliphatic rings. The van der Waals surface area contributed by atoms with E-state index >= 15 is 0 Å². The number of nitrogens with zero attached hydrogens (tertiary/aromatic N) is 2. The summed E-state index contributed by atoms with van der Waals surface area (Å²) in [6.45, 7) is 1.55. The zero-order valence-electron chi connectivity index (χ0n) is 13.9. The zero-order chi connectivity index (χ0) is 16.4. The fraction of sp³-hybridized carbons (Fsp3) is 0.474. The van der Waals surface area contributed by atoms with Gasteiger partial charge in [0, 0.05) is 25.2 Å². The summed E-state index contributed by atoms with van der Waals surface area (Å²) >= 11 is 0. The first kappa shape index (κ1) is 15.2. The Hall–Kier alpha value is -2.30. The quantitative estimate of drug-likeness (QED) is 0.912. The van der Waals surface area contributed by atoms with Gasteiger partial charge in [-0.05, 0) is 43.2 Å². The number of imidazole rings is 1. The first-order valence-corrected chi connectivity index (χ1v) is 8.94. The van der Waals surface area contributed by atoms with Gasteiger partial charge in [-0.3, -0.25) is 0 Å². The second-order valence-corrected chi connectivity index (χ2v) is 6.83. The molecule has 0 bridgehead atoms. The summed E-state index contributed by atoms with van der Waals surface area (Å²) in [6.07, 6.45) is 8.52. The molecule has 24 heavy (non-hydrogen) atoms. The van der Waals surface area contributed by atoms with Crippen molar-refractivity contribution in [1.29, 1.82) is 0 Å².